The largest absolute Gasteiger partial charge is 0.490 e. The van der Waals surface area contributed by atoms with Gasteiger partial charge < -0.3 is 14.7 Å². The topological polar surface area (TPSA) is 110 Å². The SMILES string of the molecule is O=C(O)C(F)(F)F.O=C(c1cccn2ncnc12)N1CCC(F)(F)C(Oc2ccc3ccccc3n2)C1. The number of likely N-dealkylation sites (tertiary alicyclic amines) is 1. The first-order valence-corrected chi connectivity index (χ1v) is 10.7. The van der Waals surface area contributed by atoms with Gasteiger partial charge in [-0.2, -0.15) is 18.3 Å². The van der Waals surface area contributed by atoms with Crippen LogP contribution >= 0.6 is 0 Å². The minimum absolute atomic E-state index is 0.0773. The van der Waals surface area contributed by atoms with Gasteiger partial charge in [0.15, 0.2) is 11.8 Å². The van der Waals surface area contributed by atoms with Gasteiger partial charge in [0.1, 0.15) is 6.33 Å². The fraction of sp³-hybridized carbons (Fsp3) is 0.261. The number of amides is 1. The average Bonchev–Trinajstić information content (AvgIpc) is 3.34. The predicted octanol–water partition coefficient (Wildman–Crippen LogP) is 3.84. The second kappa shape index (κ2) is 9.95. The molecule has 1 aliphatic rings. The number of pyridine rings is 2. The number of nitrogens with zero attached hydrogens (tertiary/aromatic N) is 5. The third-order valence-corrected chi connectivity index (χ3v) is 5.47. The van der Waals surface area contributed by atoms with Crippen molar-refractivity contribution >= 4 is 28.4 Å². The molecule has 0 spiro atoms. The highest BCUT2D eigenvalue weighted by Gasteiger charge is 2.47. The fourth-order valence-electron chi connectivity index (χ4n) is 3.62. The maximum Gasteiger partial charge on any atom is 0.490 e. The number of halogens is 5. The Kier molecular flexibility index (Phi) is 6.92. The van der Waals surface area contributed by atoms with Gasteiger partial charge in [-0.1, -0.05) is 18.2 Å². The van der Waals surface area contributed by atoms with E-state index in [9.17, 15) is 26.7 Å². The third kappa shape index (κ3) is 5.73. The number of carboxylic acid groups (broad SMARTS) is 1. The average molecular weight is 523 g/mol. The normalized spacial score (nSPS) is 17.2. The summed E-state index contributed by atoms with van der Waals surface area (Å²) >= 11 is 0. The van der Waals surface area contributed by atoms with E-state index in [1.165, 1.54) is 15.7 Å². The van der Waals surface area contributed by atoms with Crippen LogP contribution in [0.4, 0.5) is 22.0 Å². The molecule has 1 unspecified atom stereocenters. The van der Waals surface area contributed by atoms with Crippen molar-refractivity contribution in [1.29, 1.82) is 0 Å². The molecule has 1 aromatic carbocycles. The Labute approximate surface area is 205 Å². The van der Waals surface area contributed by atoms with Gasteiger partial charge in [0.2, 0.25) is 5.88 Å². The number of aliphatic carboxylic acids is 1. The molecule has 14 heteroatoms. The van der Waals surface area contributed by atoms with Crippen LogP contribution in [0.3, 0.4) is 0 Å². The zero-order valence-electron chi connectivity index (χ0n) is 18.8. The van der Waals surface area contributed by atoms with Crippen molar-refractivity contribution < 1.29 is 41.4 Å². The summed E-state index contributed by atoms with van der Waals surface area (Å²) in [5.74, 6) is -6.12. The highest BCUT2D eigenvalue weighted by atomic mass is 19.4. The van der Waals surface area contributed by atoms with Crippen molar-refractivity contribution in [3.8, 4) is 5.88 Å². The smallest absolute Gasteiger partial charge is 0.475 e. The molecule has 1 saturated heterocycles. The Balaban J connectivity index is 0.000000405. The number of rotatable bonds is 3. The fourth-order valence-corrected chi connectivity index (χ4v) is 3.62. The molecule has 0 radical (unpaired) electrons. The summed E-state index contributed by atoms with van der Waals surface area (Å²) in [6.45, 7) is -0.332. The lowest BCUT2D eigenvalue weighted by Gasteiger charge is -2.37. The van der Waals surface area contributed by atoms with E-state index in [0.717, 1.165) is 5.39 Å². The third-order valence-electron chi connectivity index (χ3n) is 5.47. The molecule has 1 amide bonds. The lowest BCUT2D eigenvalue weighted by molar-refractivity contribution is -0.192. The summed E-state index contributed by atoms with van der Waals surface area (Å²) in [6.07, 6.45) is -4.07. The second-order valence-electron chi connectivity index (χ2n) is 7.96. The van der Waals surface area contributed by atoms with E-state index >= 15 is 0 Å². The van der Waals surface area contributed by atoms with Gasteiger partial charge in [-0.15, -0.1) is 0 Å². The van der Waals surface area contributed by atoms with Crippen LogP contribution in [-0.2, 0) is 4.79 Å². The molecule has 1 atom stereocenters. The van der Waals surface area contributed by atoms with E-state index in [0.29, 0.717) is 16.7 Å². The number of carbonyl (C=O) groups is 2. The van der Waals surface area contributed by atoms with Crippen molar-refractivity contribution in [3.05, 3.63) is 66.6 Å². The Morgan fingerprint density at radius 1 is 1.08 bits per heavy atom. The van der Waals surface area contributed by atoms with Gasteiger partial charge in [0.05, 0.1) is 17.6 Å². The lowest BCUT2D eigenvalue weighted by Crippen LogP contribution is -2.55. The first kappa shape index (κ1) is 25.7. The maximum atomic E-state index is 14.6. The highest BCUT2D eigenvalue weighted by Crippen LogP contribution is 2.32. The van der Waals surface area contributed by atoms with Gasteiger partial charge in [0.25, 0.3) is 11.8 Å². The Morgan fingerprint density at radius 2 is 1.81 bits per heavy atom. The Hall–Kier alpha value is -4.36. The van der Waals surface area contributed by atoms with Gasteiger partial charge in [-0.05, 0) is 24.3 Å². The minimum Gasteiger partial charge on any atom is -0.475 e. The summed E-state index contributed by atoms with van der Waals surface area (Å²) < 4.78 is 68.0. The van der Waals surface area contributed by atoms with Crippen LogP contribution < -0.4 is 4.74 Å². The van der Waals surface area contributed by atoms with Crippen molar-refractivity contribution in [3.63, 3.8) is 0 Å². The number of ether oxygens (including phenoxy) is 1. The predicted molar refractivity (Wildman–Crippen MR) is 118 cm³/mol. The first-order chi connectivity index (χ1) is 17.5. The van der Waals surface area contributed by atoms with E-state index in [2.05, 4.69) is 15.1 Å². The number of carboxylic acids is 1. The number of para-hydroxylation sites is 1. The van der Waals surface area contributed by atoms with Crippen molar-refractivity contribution in [2.24, 2.45) is 0 Å². The molecule has 5 rings (SSSR count). The number of hydrogen-bond acceptors (Lipinski definition) is 6. The van der Waals surface area contributed by atoms with Gasteiger partial charge in [-0.3, -0.25) is 4.79 Å². The molecular weight excluding hydrogens is 505 g/mol. The summed E-state index contributed by atoms with van der Waals surface area (Å²) in [7, 11) is 0. The van der Waals surface area contributed by atoms with Crippen LogP contribution in [0.15, 0.2) is 61.1 Å². The molecular formula is C23H18F5N5O4. The van der Waals surface area contributed by atoms with Crippen LogP contribution in [0.1, 0.15) is 16.8 Å². The Bertz CT molecular complexity index is 1440. The minimum atomic E-state index is -5.08. The summed E-state index contributed by atoms with van der Waals surface area (Å²) in [5, 5.41) is 12.0. The summed E-state index contributed by atoms with van der Waals surface area (Å²) in [5.41, 5.74) is 1.34. The highest BCUT2D eigenvalue weighted by molar-refractivity contribution is 5.99. The van der Waals surface area contributed by atoms with Gasteiger partial charge in [0, 0.05) is 30.6 Å². The van der Waals surface area contributed by atoms with Crippen molar-refractivity contribution in [2.75, 3.05) is 13.1 Å². The van der Waals surface area contributed by atoms with E-state index in [-0.39, 0.29) is 24.9 Å². The summed E-state index contributed by atoms with van der Waals surface area (Å²) in [4.78, 5) is 31.7. The van der Waals surface area contributed by atoms with Crippen LogP contribution in [0.2, 0.25) is 0 Å². The van der Waals surface area contributed by atoms with Crippen LogP contribution in [-0.4, -0.2) is 72.8 Å². The standard InChI is InChI=1S/C21H17F2N5O2.C2HF3O2/c22-21(23)9-11-27(20(29)15-5-3-10-28-19(15)24-13-25-28)12-17(21)30-18-8-7-14-4-1-2-6-16(14)26-18;3-2(4,5)1(6)7/h1-8,10,13,17H,9,11-12H2;(H,6,7). The number of aromatic nitrogens is 4. The molecule has 37 heavy (non-hydrogen) atoms. The number of piperidine rings is 1. The van der Waals surface area contributed by atoms with E-state index in [4.69, 9.17) is 14.6 Å². The van der Waals surface area contributed by atoms with Crippen molar-refractivity contribution in [2.45, 2.75) is 24.6 Å². The molecule has 1 fully saturated rings. The molecule has 194 valence electrons. The molecule has 0 saturated carbocycles. The van der Waals surface area contributed by atoms with Gasteiger partial charge in [-0.25, -0.2) is 28.1 Å². The van der Waals surface area contributed by atoms with Crippen LogP contribution in [0.5, 0.6) is 5.88 Å². The summed E-state index contributed by atoms with van der Waals surface area (Å²) in [6, 6.07) is 14.0. The van der Waals surface area contributed by atoms with E-state index < -0.39 is 30.6 Å². The zero-order valence-corrected chi connectivity index (χ0v) is 18.8. The number of benzene rings is 1. The zero-order chi connectivity index (χ0) is 26.8. The van der Waals surface area contributed by atoms with Crippen molar-refractivity contribution in [1.82, 2.24) is 24.5 Å². The van der Waals surface area contributed by atoms with Crippen LogP contribution in [0.25, 0.3) is 16.6 Å². The quantitative estimate of drug-likeness (QED) is 0.407. The van der Waals surface area contributed by atoms with Gasteiger partial charge >= 0.3 is 12.1 Å². The molecule has 0 bridgehead atoms. The van der Waals surface area contributed by atoms with Crippen LogP contribution in [0, 0.1) is 0 Å². The molecule has 3 aromatic heterocycles. The van der Waals surface area contributed by atoms with E-state index in [1.54, 1.807) is 36.5 Å². The monoisotopic (exact) mass is 523 g/mol. The number of hydrogen-bond donors (Lipinski definition) is 1. The molecule has 4 aromatic rings. The van der Waals surface area contributed by atoms with E-state index in [1.807, 2.05) is 18.2 Å². The first-order valence-electron chi connectivity index (χ1n) is 10.7. The number of carbonyl (C=O) groups excluding carboxylic acids is 1. The molecule has 0 aliphatic carbocycles. The second-order valence-corrected chi connectivity index (χ2v) is 7.96. The number of fused-ring (bicyclic) bond motifs is 2. The molecule has 4 heterocycles. The molecule has 9 nitrogen and oxygen atoms in total. The molecule has 1 aliphatic heterocycles. The Morgan fingerprint density at radius 3 is 2.54 bits per heavy atom. The number of alkyl halides is 5. The maximum absolute atomic E-state index is 14.6. The lowest BCUT2D eigenvalue weighted by atomic mass is 10.0. The molecule has 1 N–H and O–H groups in total.